The molecule has 26 heavy (non-hydrogen) atoms. The van der Waals surface area contributed by atoms with Crippen molar-refractivity contribution in [2.75, 3.05) is 13.1 Å². The van der Waals surface area contributed by atoms with Crippen LogP contribution in [0.3, 0.4) is 0 Å². The number of carbonyl (C=O) groups is 4. The van der Waals surface area contributed by atoms with Gasteiger partial charge < -0.3 is 21.7 Å². The Hall–Kier alpha value is -1.96. The molecule has 0 spiro atoms. The Morgan fingerprint density at radius 1 is 1.27 bits per heavy atom. The van der Waals surface area contributed by atoms with Gasteiger partial charge in [-0.2, -0.15) is 0 Å². The van der Waals surface area contributed by atoms with Gasteiger partial charge in [0.25, 0.3) is 0 Å². The van der Waals surface area contributed by atoms with Crippen LogP contribution >= 0.6 is 0 Å². The van der Waals surface area contributed by atoms with E-state index in [2.05, 4.69) is 5.32 Å². The van der Waals surface area contributed by atoms with Gasteiger partial charge in [0.2, 0.25) is 17.7 Å². The van der Waals surface area contributed by atoms with Crippen LogP contribution in [0.25, 0.3) is 0 Å². The third-order valence-electron chi connectivity index (χ3n) is 5.45. The molecule has 0 aromatic heterocycles. The van der Waals surface area contributed by atoms with Gasteiger partial charge in [0, 0.05) is 25.3 Å². The second kappa shape index (κ2) is 9.12. The van der Waals surface area contributed by atoms with Crippen LogP contribution in [0.15, 0.2) is 0 Å². The summed E-state index contributed by atoms with van der Waals surface area (Å²) < 4.78 is 0. The zero-order chi connectivity index (χ0) is 19.3. The number of amides is 3. The van der Waals surface area contributed by atoms with Crippen molar-refractivity contribution in [3.63, 3.8) is 0 Å². The summed E-state index contributed by atoms with van der Waals surface area (Å²) >= 11 is 0. The molecule has 5 N–H and O–H groups in total. The van der Waals surface area contributed by atoms with Gasteiger partial charge in [-0.05, 0) is 44.6 Å². The number of Topliss-reactive ketones (excluding diaryl/α,β-unsaturated/α-hetero) is 1. The van der Waals surface area contributed by atoms with Crippen molar-refractivity contribution >= 4 is 23.5 Å². The standard InChI is InChI=1S/C18H30N4O4/c1-11-9-12(23)10-13(11)17(25)21-14(5-2-3-7-19)18(26)22-8-4-6-15(22)16(20)24/h11,13-15H,2-10,19H2,1H3,(H2,20,24)(H,21,25)/t11-,13+,14-,15-/m0/s1. The van der Waals surface area contributed by atoms with E-state index in [0.717, 1.165) is 12.8 Å². The molecule has 2 rings (SSSR count). The van der Waals surface area contributed by atoms with Crippen LogP contribution in [0.2, 0.25) is 0 Å². The van der Waals surface area contributed by atoms with Crippen LogP contribution in [0, 0.1) is 11.8 Å². The first kappa shape index (κ1) is 20.4. The molecule has 1 aliphatic heterocycles. The van der Waals surface area contributed by atoms with Gasteiger partial charge in [-0.3, -0.25) is 19.2 Å². The highest BCUT2D eigenvalue weighted by Gasteiger charge is 2.39. The van der Waals surface area contributed by atoms with Gasteiger partial charge in [-0.25, -0.2) is 0 Å². The van der Waals surface area contributed by atoms with Gasteiger partial charge in [0.1, 0.15) is 17.9 Å². The molecule has 4 atom stereocenters. The Bertz CT molecular complexity index is 565. The summed E-state index contributed by atoms with van der Waals surface area (Å²) in [5.41, 5.74) is 10.9. The summed E-state index contributed by atoms with van der Waals surface area (Å²) in [5, 5.41) is 2.83. The van der Waals surface area contributed by atoms with Crippen molar-refractivity contribution in [3.8, 4) is 0 Å². The predicted molar refractivity (Wildman–Crippen MR) is 95.7 cm³/mol. The molecule has 1 aliphatic carbocycles. The number of hydrogen-bond donors (Lipinski definition) is 3. The maximum absolute atomic E-state index is 13.0. The lowest BCUT2D eigenvalue weighted by atomic mass is 9.96. The van der Waals surface area contributed by atoms with Gasteiger partial charge in [-0.1, -0.05) is 6.92 Å². The fourth-order valence-corrected chi connectivity index (χ4v) is 3.94. The first-order chi connectivity index (χ1) is 12.3. The first-order valence-corrected chi connectivity index (χ1v) is 9.47. The van der Waals surface area contributed by atoms with E-state index in [4.69, 9.17) is 11.5 Å². The Balaban J connectivity index is 2.07. The van der Waals surface area contributed by atoms with E-state index in [-0.39, 0.29) is 29.9 Å². The minimum absolute atomic E-state index is 0.0209. The van der Waals surface area contributed by atoms with Crippen LogP contribution in [0.4, 0.5) is 0 Å². The smallest absolute Gasteiger partial charge is 0.245 e. The number of nitrogens with two attached hydrogens (primary N) is 2. The molecule has 0 radical (unpaired) electrons. The summed E-state index contributed by atoms with van der Waals surface area (Å²) in [5.74, 6) is -1.38. The van der Waals surface area contributed by atoms with Crippen molar-refractivity contribution in [1.29, 1.82) is 0 Å². The number of likely N-dealkylation sites (tertiary alicyclic amines) is 1. The van der Waals surface area contributed by atoms with Gasteiger partial charge in [0.15, 0.2) is 0 Å². The number of primary amides is 1. The van der Waals surface area contributed by atoms with Gasteiger partial charge >= 0.3 is 0 Å². The lowest BCUT2D eigenvalue weighted by molar-refractivity contribution is -0.141. The van der Waals surface area contributed by atoms with E-state index in [9.17, 15) is 19.2 Å². The summed E-state index contributed by atoms with van der Waals surface area (Å²) in [6, 6.07) is -1.32. The molecule has 0 unspecified atom stereocenters. The maximum atomic E-state index is 13.0. The number of hydrogen-bond acceptors (Lipinski definition) is 5. The summed E-state index contributed by atoms with van der Waals surface area (Å²) in [4.78, 5) is 50.3. The highest BCUT2D eigenvalue weighted by molar-refractivity contribution is 5.95. The summed E-state index contributed by atoms with van der Waals surface area (Å²) in [6.45, 7) is 2.86. The van der Waals surface area contributed by atoms with Crippen molar-refractivity contribution in [2.24, 2.45) is 23.3 Å². The van der Waals surface area contributed by atoms with E-state index < -0.39 is 23.9 Å². The summed E-state index contributed by atoms with van der Waals surface area (Å²) in [7, 11) is 0. The quantitative estimate of drug-likeness (QED) is 0.506. The van der Waals surface area contributed by atoms with Gasteiger partial charge in [-0.15, -0.1) is 0 Å². The number of carbonyl (C=O) groups excluding carboxylic acids is 4. The number of rotatable bonds is 8. The number of nitrogens with one attached hydrogen (secondary N) is 1. The molecule has 2 fully saturated rings. The van der Waals surface area contributed by atoms with Crippen molar-refractivity contribution in [2.45, 2.75) is 64.0 Å². The Labute approximate surface area is 154 Å². The minimum Gasteiger partial charge on any atom is -0.368 e. The first-order valence-electron chi connectivity index (χ1n) is 9.47. The molecular formula is C18H30N4O4. The molecular weight excluding hydrogens is 336 g/mol. The lowest BCUT2D eigenvalue weighted by Crippen LogP contribution is -2.53. The number of nitrogens with zero attached hydrogens (tertiary/aromatic N) is 1. The predicted octanol–water partition coefficient (Wildman–Crippen LogP) is -0.308. The van der Waals surface area contributed by atoms with Crippen LogP contribution in [0.5, 0.6) is 0 Å². The summed E-state index contributed by atoms with van der Waals surface area (Å²) in [6.07, 6.45) is 3.80. The van der Waals surface area contributed by atoms with Crippen LogP contribution in [0.1, 0.15) is 51.9 Å². The largest absolute Gasteiger partial charge is 0.368 e. The maximum Gasteiger partial charge on any atom is 0.245 e. The molecule has 1 saturated carbocycles. The van der Waals surface area contributed by atoms with E-state index in [0.29, 0.717) is 38.8 Å². The van der Waals surface area contributed by atoms with Crippen LogP contribution in [-0.2, 0) is 19.2 Å². The molecule has 0 aromatic carbocycles. The normalized spacial score (nSPS) is 26.8. The Kier molecular flexibility index (Phi) is 7.14. The third kappa shape index (κ3) is 4.81. The van der Waals surface area contributed by atoms with E-state index in [1.165, 1.54) is 4.90 Å². The molecule has 2 aliphatic rings. The average Bonchev–Trinajstić information content (AvgIpc) is 3.19. The molecule has 1 heterocycles. The molecule has 1 saturated heterocycles. The molecule has 3 amide bonds. The van der Waals surface area contributed by atoms with E-state index in [1.807, 2.05) is 6.92 Å². The van der Waals surface area contributed by atoms with E-state index >= 15 is 0 Å². The Morgan fingerprint density at radius 3 is 2.58 bits per heavy atom. The van der Waals surface area contributed by atoms with Crippen molar-refractivity contribution in [1.82, 2.24) is 10.2 Å². The fraction of sp³-hybridized carbons (Fsp3) is 0.778. The zero-order valence-electron chi connectivity index (χ0n) is 15.4. The van der Waals surface area contributed by atoms with Crippen LogP contribution in [-0.4, -0.2) is 53.6 Å². The van der Waals surface area contributed by atoms with E-state index in [1.54, 1.807) is 0 Å². The lowest BCUT2D eigenvalue weighted by Gasteiger charge is -2.29. The fourth-order valence-electron chi connectivity index (χ4n) is 3.94. The topological polar surface area (TPSA) is 136 Å². The number of unbranched alkanes of at least 4 members (excludes halogenated alkanes) is 1. The zero-order valence-corrected chi connectivity index (χ0v) is 15.4. The SMILES string of the molecule is C[C@H]1CC(=O)C[C@H]1C(=O)N[C@@H](CCCCN)C(=O)N1CCC[C@H]1C(N)=O. The molecule has 146 valence electrons. The second-order valence-corrected chi connectivity index (χ2v) is 7.47. The molecule has 0 bridgehead atoms. The highest BCUT2D eigenvalue weighted by Crippen LogP contribution is 2.29. The van der Waals surface area contributed by atoms with Crippen molar-refractivity contribution in [3.05, 3.63) is 0 Å². The third-order valence-corrected chi connectivity index (χ3v) is 5.45. The Morgan fingerprint density at radius 2 is 2.00 bits per heavy atom. The molecule has 8 heteroatoms. The minimum atomic E-state index is -0.711. The second-order valence-electron chi connectivity index (χ2n) is 7.47. The highest BCUT2D eigenvalue weighted by atomic mass is 16.2. The number of ketones is 1. The van der Waals surface area contributed by atoms with Crippen LogP contribution < -0.4 is 16.8 Å². The van der Waals surface area contributed by atoms with Gasteiger partial charge in [0.05, 0.1) is 0 Å². The van der Waals surface area contributed by atoms with Crippen molar-refractivity contribution < 1.29 is 19.2 Å². The monoisotopic (exact) mass is 366 g/mol. The molecule has 0 aromatic rings. The average molecular weight is 366 g/mol. The molecule has 8 nitrogen and oxygen atoms in total.